The maximum atomic E-state index is 6.20. The Bertz CT molecular complexity index is 3080. The molecule has 0 N–H and O–H groups in total. The Balaban J connectivity index is 1.06. The highest BCUT2D eigenvalue weighted by atomic mass is 16.3. The van der Waals surface area contributed by atoms with Crippen LogP contribution in [0, 0.1) is 0 Å². The van der Waals surface area contributed by atoms with Gasteiger partial charge in [-0.3, -0.25) is 0 Å². The maximum absolute atomic E-state index is 6.20. The van der Waals surface area contributed by atoms with Crippen molar-refractivity contribution in [1.82, 2.24) is 0 Å². The lowest BCUT2D eigenvalue weighted by Crippen LogP contribution is -2.09. The van der Waals surface area contributed by atoms with E-state index in [1.54, 1.807) is 0 Å². The summed E-state index contributed by atoms with van der Waals surface area (Å²) >= 11 is 0. The van der Waals surface area contributed by atoms with Gasteiger partial charge in [-0.1, -0.05) is 109 Å². The van der Waals surface area contributed by atoms with E-state index in [9.17, 15) is 0 Å². The summed E-state index contributed by atoms with van der Waals surface area (Å²) in [7, 11) is 0. The van der Waals surface area contributed by atoms with E-state index in [-0.39, 0.29) is 0 Å². The zero-order chi connectivity index (χ0) is 36.3. The molecular formula is C52H33NO2. The van der Waals surface area contributed by atoms with Crippen molar-refractivity contribution in [1.29, 1.82) is 0 Å². The zero-order valence-electron chi connectivity index (χ0n) is 29.8. The SMILES string of the molecule is c1ccc(N(c2ccc(-c3cc(-c4ccc5oc6ccccc6c5c4)cc(-c4ccc5oc6ccccc6c5c4)c3)cc2)c2ccc3ccccc3c2)cc1. The minimum Gasteiger partial charge on any atom is -0.456 e. The van der Waals surface area contributed by atoms with Gasteiger partial charge in [0.1, 0.15) is 22.3 Å². The lowest BCUT2D eigenvalue weighted by Gasteiger charge is -2.26. The smallest absolute Gasteiger partial charge is 0.135 e. The van der Waals surface area contributed by atoms with Crippen LogP contribution in [-0.2, 0) is 0 Å². The summed E-state index contributed by atoms with van der Waals surface area (Å²) in [5.74, 6) is 0. The summed E-state index contributed by atoms with van der Waals surface area (Å²) in [6.45, 7) is 0. The van der Waals surface area contributed by atoms with Gasteiger partial charge in [0.15, 0.2) is 0 Å². The summed E-state index contributed by atoms with van der Waals surface area (Å²) in [6.07, 6.45) is 0. The van der Waals surface area contributed by atoms with Crippen LogP contribution in [0.3, 0.4) is 0 Å². The number of fused-ring (bicyclic) bond motifs is 7. The second kappa shape index (κ2) is 12.6. The number of furan rings is 2. The summed E-state index contributed by atoms with van der Waals surface area (Å²) < 4.78 is 12.4. The van der Waals surface area contributed by atoms with Gasteiger partial charge in [0.25, 0.3) is 0 Å². The molecular weight excluding hydrogens is 671 g/mol. The second-order valence-electron chi connectivity index (χ2n) is 14.2. The molecule has 0 bridgehead atoms. The molecule has 2 aromatic heterocycles. The van der Waals surface area contributed by atoms with Crippen molar-refractivity contribution >= 4 is 71.7 Å². The molecule has 0 saturated carbocycles. The first-order valence-corrected chi connectivity index (χ1v) is 18.6. The molecule has 0 fully saturated rings. The molecule has 0 spiro atoms. The Labute approximate surface area is 317 Å². The van der Waals surface area contributed by atoms with Gasteiger partial charge in [-0.15, -0.1) is 0 Å². The van der Waals surface area contributed by atoms with Crippen molar-refractivity contribution in [3.63, 3.8) is 0 Å². The van der Waals surface area contributed by atoms with Crippen LogP contribution in [0.15, 0.2) is 209 Å². The fourth-order valence-corrected chi connectivity index (χ4v) is 8.08. The van der Waals surface area contributed by atoms with Crippen molar-refractivity contribution in [3.05, 3.63) is 200 Å². The number of rotatable bonds is 6. The van der Waals surface area contributed by atoms with Gasteiger partial charge in [0.05, 0.1) is 0 Å². The fourth-order valence-electron chi connectivity index (χ4n) is 8.08. The van der Waals surface area contributed by atoms with Gasteiger partial charge in [-0.25, -0.2) is 0 Å². The third-order valence-electron chi connectivity index (χ3n) is 10.8. The van der Waals surface area contributed by atoms with Crippen molar-refractivity contribution in [2.45, 2.75) is 0 Å². The summed E-state index contributed by atoms with van der Waals surface area (Å²) in [5.41, 5.74) is 13.8. The third kappa shape index (κ3) is 5.45. The first kappa shape index (κ1) is 31.2. The van der Waals surface area contributed by atoms with E-state index in [0.29, 0.717) is 0 Å². The minimum absolute atomic E-state index is 0.892. The van der Waals surface area contributed by atoms with Gasteiger partial charge >= 0.3 is 0 Å². The molecule has 3 heteroatoms. The molecule has 258 valence electrons. The molecule has 9 aromatic carbocycles. The van der Waals surface area contributed by atoms with Gasteiger partial charge in [-0.05, 0) is 135 Å². The molecule has 2 heterocycles. The summed E-state index contributed by atoms with van der Waals surface area (Å²) in [5, 5.41) is 6.92. The Morgan fingerprint density at radius 3 is 1.33 bits per heavy atom. The normalized spacial score (nSPS) is 11.6. The highest BCUT2D eigenvalue weighted by molar-refractivity contribution is 6.08. The average molecular weight is 704 g/mol. The van der Waals surface area contributed by atoms with Crippen molar-refractivity contribution in [2.75, 3.05) is 4.90 Å². The Kier molecular flexibility index (Phi) is 7.17. The van der Waals surface area contributed by atoms with Gasteiger partial charge < -0.3 is 13.7 Å². The van der Waals surface area contributed by atoms with E-state index in [0.717, 1.165) is 94.3 Å². The number of anilines is 3. The molecule has 55 heavy (non-hydrogen) atoms. The zero-order valence-corrected chi connectivity index (χ0v) is 29.8. The largest absolute Gasteiger partial charge is 0.456 e. The Morgan fingerprint density at radius 2 is 0.709 bits per heavy atom. The number of hydrogen-bond donors (Lipinski definition) is 0. The fraction of sp³-hybridized carbons (Fsp3) is 0. The van der Waals surface area contributed by atoms with Crippen LogP contribution in [0.1, 0.15) is 0 Å². The summed E-state index contributed by atoms with van der Waals surface area (Å²) in [4.78, 5) is 2.33. The lowest BCUT2D eigenvalue weighted by molar-refractivity contribution is 0.668. The van der Waals surface area contributed by atoms with Gasteiger partial charge in [0.2, 0.25) is 0 Å². The maximum Gasteiger partial charge on any atom is 0.135 e. The van der Waals surface area contributed by atoms with E-state index in [4.69, 9.17) is 8.83 Å². The van der Waals surface area contributed by atoms with Crippen LogP contribution in [0.25, 0.3) is 88.0 Å². The molecule has 3 nitrogen and oxygen atoms in total. The van der Waals surface area contributed by atoms with Crippen LogP contribution >= 0.6 is 0 Å². The van der Waals surface area contributed by atoms with Crippen LogP contribution in [0.4, 0.5) is 17.1 Å². The van der Waals surface area contributed by atoms with Crippen LogP contribution in [0.5, 0.6) is 0 Å². The molecule has 0 saturated heterocycles. The number of para-hydroxylation sites is 3. The highest BCUT2D eigenvalue weighted by Crippen LogP contribution is 2.40. The topological polar surface area (TPSA) is 29.5 Å². The van der Waals surface area contributed by atoms with E-state index in [2.05, 4.69) is 181 Å². The summed E-state index contributed by atoms with van der Waals surface area (Å²) in [6, 6.07) is 71.3. The number of nitrogens with zero attached hydrogens (tertiary/aromatic N) is 1. The van der Waals surface area contributed by atoms with Gasteiger partial charge in [0, 0.05) is 38.6 Å². The average Bonchev–Trinajstić information content (AvgIpc) is 3.82. The highest BCUT2D eigenvalue weighted by Gasteiger charge is 2.16. The molecule has 11 rings (SSSR count). The van der Waals surface area contributed by atoms with Crippen molar-refractivity contribution in [2.24, 2.45) is 0 Å². The first-order valence-electron chi connectivity index (χ1n) is 18.6. The van der Waals surface area contributed by atoms with E-state index in [1.807, 2.05) is 24.3 Å². The van der Waals surface area contributed by atoms with Crippen molar-refractivity contribution in [3.8, 4) is 33.4 Å². The van der Waals surface area contributed by atoms with E-state index < -0.39 is 0 Å². The number of hydrogen-bond acceptors (Lipinski definition) is 3. The monoisotopic (exact) mass is 703 g/mol. The van der Waals surface area contributed by atoms with Gasteiger partial charge in [-0.2, -0.15) is 0 Å². The standard InChI is InChI=1S/C52H33NO2/c1-2-12-42(13-3-1)53(44-25-20-34-10-4-5-11-36(34)31-44)43-23-18-35(19-24-43)39-28-40(37-21-26-51-47(32-37)45-14-6-8-16-49(45)54-51)30-41(29-39)38-22-27-52-48(33-38)46-15-7-9-17-50(46)55-52/h1-33H. The molecule has 0 aliphatic heterocycles. The second-order valence-corrected chi connectivity index (χ2v) is 14.2. The lowest BCUT2D eigenvalue weighted by atomic mass is 9.92. The molecule has 0 unspecified atom stereocenters. The first-order chi connectivity index (χ1) is 27.2. The van der Waals surface area contributed by atoms with E-state index in [1.165, 1.54) is 10.8 Å². The van der Waals surface area contributed by atoms with Crippen LogP contribution < -0.4 is 4.90 Å². The molecule has 0 radical (unpaired) electrons. The molecule has 11 aromatic rings. The quantitative estimate of drug-likeness (QED) is 0.173. The molecule has 0 amide bonds. The van der Waals surface area contributed by atoms with E-state index >= 15 is 0 Å². The minimum atomic E-state index is 0.892. The Hall–Kier alpha value is -7.36. The Morgan fingerprint density at radius 1 is 0.255 bits per heavy atom. The number of benzene rings is 9. The van der Waals surface area contributed by atoms with Crippen LogP contribution in [-0.4, -0.2) is 0 Å². The third-order valence-corrected chi connectivity index (χ3v) is 10.8. The predicted octanol–water partition coefficient (Wildman–Crippen LogP) is 15.1. The van der Waals surface area contributed by atoms with Crippen LogP contribution in [0.2, 0.25) is 0 Å². The molecule has 0 aliphatic carbocycles. The molecule has 0 aliphatic rings. The molecule has 0 atom stereocenters. The predicted molar refractivity (Wildman–Crippen MR) is 229 cm³/mol. The van der Waals surface area contributed by atoms with Crippen molar-refractivity contribution < 1.29 is 8.83 Å².